The molecule has 0 aliphatic rings. The number of hydrogen-bond donors (Lipinski definition) is 2. The first-order valence-corrected chi connectivity index (χ1v) is 6.57. The van der Waals surface area contributed by atoms with Crippen molar-refractivity contribution in [1.82, 2.24) is 15.0 Å². The molecule has 0 amide bonds. The van der Waals surface area contributed by atoms with E-state index in [1.165, 1.54) is 0 Å². The molecule has 3 aromatic rings. The van der Waals surface area contributed by atoms with Gasteiger partial charge in [-0.1, -0.05) is 6.07 Å². The van der Waals surface area contributed by atoms with E-state index < -0.39 is 0 Å². The van der Waals surface area contributed by atoms with Crippen LogP contribution in [-0.4, -0.2) is 15.0 Å². The number of nitrogens with one attached hydrogen (secondary N) is 1. The van der Waals surface area contributed by atoms with E-state index in [9.17, 15) is 0 Å². The van der Waals surface area contributed by atoms with Crippen molar-refractivity contribution in [2.24, 2.45) is 5.84 Å². The summed E-state index contributed by atoms with van der Waals surface area (Å²) in [5, 5.41) is 1.05. The number of hydrazine groups is 1. The summed E-state index contributed by atoms with van der Waals surface area (Å²) in [7, 11) is 0. The fourth-order valence-electron chi connectivity index (χ4n) is 1.71. The summed E-state index contributed by atoms with van der Waals surface area (Å²) in [6, 6.07) is 9.52. The summed E-state index contributed by atoms with van der Waals surface area (Å²) in [5.74, 6) is 6.58. The van der Waals surface area contributed by atoms with E-state index in [1.54, 1.807) is 12.4 Å². The molecule has 3 N–H and O–H groups in total. The van der Waals surface area contributed by atoms with Crippen molar-refractivity contribution >= 4 is 32.8 Å². The summed E-state index contributed by atoms with van der Waals surface area (Å²) < 4.78 is 6.36. The van der Waals surface area contributed by atoms with E-state index >= 15 is 0 Å². The minimum atomic E-state index is 0.280. The Kier molecular flexibility index (Phi) is 3.44. The molecule has 0 radical (unpaired) electrons. The Morgan fingerprint density at radius 2 is 2.10 bits per heavy atom. The van der Waals surface area contributed by atoms with Crippen molar-refractivity contribution in [2.45, 2.75) is 0 Å². The van der Waals surface area contributed by atoms with Gasteiger partial charge in [-0.2, -0.15) is 4.98 Å². The number of anilines is 1. The monoisotopic (exact) mass is 331 g/mol. The molecule has 7 heteroatoms. The van der Waals surface area contributed by atoms with E-state index in [0.717, 1.165) is 10.9 Å². The quantitative estimate of drug-likeness (QED) is 0.567. The molecule has 1 aromatic carbocycles. The fourth-order valence-corrected chi connectivity index (χ4v) is 1.99. The van der Waals surface area contributed by atoms with Gasteiger partial charge in [0.1, 0.15) is 5.75 Å². The lowest BCUT2D eigenvalue weighted by Gasteiger charge is -2.08. The zero-order chi connectivity index (χ0) is 13.9. The van der Waals surface area contributed by atoms with Crippen LogP contribution in [0.2, 0.25) is 0 Å². The third kappa shape index (κ3) is 2.54. The van der Waals surface area contributed by atoms with Gasteiger partial charge in [0.05, 0.1) is 16.2 Å². The van der Waals surface area contributed by atoms with Crippen molar-refractivity contribution < 1.29 is 4.74 Å². The molecule has 0 aliphatic heterocycles. The van der Waals surface area contributed by atoms with Crippen LogP contribution >= 0.6 is 15.9 Å². The van der Waals surface area contributed by atoms with Crippen LogP contribution in [0.4, 0.5) is 5.95 Å². The molecule has 0 fully saturated rings. The van der Waals surface area contributed by atoms with Gasteiger partial charge >= 0.3 is 0 Å². The Balaban J connectivity index is 1.96. The molecule has 100 valence electrons. The van der Waals surface area contributed by atoms with Crippen molar-refractivity contribution in [3.63, 3.8) is 0 Å². The van der Waals surface area contributed by atoms with Gasteiger partial charge in [0.25, 0.3) is 0 Å². The summed E-state index contributed by atoms with van der Waals surface area (Å²) in [5.41, 5.74) is 3.23. The molecule has 0 spiro atoms. The number of nitrogens with two attached hydrogens (primary N) is 1. The van der Waals surface area contributed by atoms with Gasteiger partial charge in [-0.15, -0.1) is 0 Å². The Bertz CT molecular complexity index is 765. The third-order valence-corrected chi connectivity index (χ3v) is 3.18. The zero-order valence-corrected chi connectivity index (χ0v) is 11.8. The Labute approximate surface area is 123 Å². The van der Waals surface area contributed by atoms with Crippen LogP contribution < -0.4 is 16.0 Å². The number of nitrogen functional groups attached to an aromatic ring is 1. The molecular formula is C13H10BrN5O. The molecule has 6 nitrogen and oxygen atoms in total. The maximum absolute atomic E-state index is 5.73. The van der Waals surface area contributed by atoms with Crippen LogP contribution in [0.3, 0.4) is 0 Å². The normalized spacial score (nSPS) is 10.5. The minimum Gasteiger partial charge on any atom is -0.438 e. The molecular weight excluding hydrogens is 322 g/mol. The predicted molar refractivity (Wildman–Crippen MR) is 79.4 cm³/mol. The molecule has 0 atom stereocenters. The highest BCUT2D eigenvalue weighted by Crippen LogP contribution is 2.29. The van der Waals surface area contributed by atoms with Crippen LogP contribution in [0.25, 0.3) is 10.9 Å². The Hall–Kier alpha value is -2.25. The van der Waals surface area contributed by atoms with Crippen molar-refractivity contribution in [1.29, 1.82) is 0 Å². The number of fused-ring (bicyclic) bond motifs is 1. The minimum absolute atomic E-state index is 0.280. The summed E-state index contributed by atoms with van der Waals surface area (Å²) in [4.78, 5) is 12.4. The number of aromatic nitrogens is 3. The van der Waals surface area contributed by atoms with Gasteiger partial charge < -0.3 is 4.74 Å². The first-order chi connectivity index (χ1) is 9.76. The zero-order valence-electron chi connectivity index (χ0n) is 10.2. The highest BCUT2D eigenvalue weighted by molar-refractivity contribution is 9.10. The highest BCUT2D eigenvalue weighted by Gasteiger charge is 2.07. The predicted octanol–water partition coefficient (Wildman–Crippen LogP) is 2.87. The van der Waals surface area contributed by atoms with Crippen LogP contribution in [0, 0.1) is 0 Å². The van der Waals surface area contributed by atoms with E-state index in [0.29, 0.717) is 16.1 Å². The summed E-state index contributed by atoms with van der Waals surface area (Å²) >= 11 is 3.33. The van der Waals surface area contributed by atoms with Gasteiger partial charge in [0.2, 0.25) is 11.8 Å². The van der Waals surface area contributed by atoms with Crippen LogP contribution in [0.5, 0.6) is 11.6 Å². The molecule has 3 rings (SSSR count). The van der Waals surface area contributed by atoms with Gasteiger partial charge in [-0.3, -0.25) is 10.4 Å². The second-order valence-electron chi connectivity index (χ2n) is 3.95. The first kappa shape index (κ1) is 12.8. The highest BCUT2D eigenvalue weighted by atomic mass is 79.9. The van der Waals surface area contributed by atoms with Crippen molar-refractivity contribution in [2.75, 3.05) is 5.43 Å². The van der Waals surface area contributed by atoms with Crippen molar-refractivity contribution in [3.05, 3.63) is 47.2 Å². The standard InChI is InChI=1S/C13H10BrN5O/c14-10-7-17-13(19-15)18-12(10)20-9-4-3-8-2-1-5-16-11(8)6-9/h1-7H,15H2,(H,17,18,19). The van der Waals surface area contributed by atoms with Crippen LogP contribution in [0.1, 0.15) is 0 Å². The van der Waals surface area contributed by atoms with Crippen LogP contribution in [-0.2, 0) is 0 Å². The molecule has 0 unspecified atom stereocenters. The molecule has 20 heavy (non-hydrogen) atoms. The SMILES string of the molecule is NNc1ncc(Br)c(Oc2ccc3cccnc3c2)n1. The molecule has 2 aromatic heterocycles. The summed E-state index contributed by atoms with van der Waals surface area (Å²) in [6.45, 7) is 0. The smallest absolute Gasteiger partial charge is 0.240 e. The largest absolute Gasteiger partial charge is 0.438 e. The van der Waals surface area contributed by atoms with E-state index in [4.69, 9.17) is 10.6 Å². The maximum Gasteiger partial charge on any atom is 0.240 e. The third-order valence-electron chi connectivity index (χ3n) is 2.63. The topological polar surface area (TPSA) is 86.0 Å². The molecule has 0 aliphatic carbocycles. The Morgan fingerprint density at radius 3 is 2.95 bits per heavy atom. The Morgan fingerprint density at radius 1 is 1.20 bits per heavy atom. The lowest BCUT2D eigenvalue weighted by molar-refractivity contribution is 0.459. The summed E-state index contributed by atoms with van der Waals surface area (Å²) in [6.07, 6.45) is 3.31. The van der Waals surface area contributed by atoms with Gasteiger partial charge in [-0.05, 0) is 34.1 Å². The average Bonchev–Trinajstić information content (AvgIpc) is 2.49. The molecule has 0 bridgehead atoms. The van der Waals surface area contributed by atoms with Crippen molar-refractivity contribution in [3.8, 4) is 11.6 Å². The molecule has 0 saturated heterocycles. The number of halogens is 1. The number of benzene rings is 1. The van der Waals surface area contributed by atoms with Gasteiger partial charge in [0.15, 0.2) is 0 Å². The number of hydrogen-bond acceptors (Lipinski definition) is 6. The average molecular weight is 332 g/mol. The number of ether oxygens (including phenoxy) is 1. The lowest BCUT2D eigenvalue weighted by atomic mass is 10.2. The second-order valence-corrected chi connectivity index (χ2v) is 4.81. The van der Waals surface area contributed by atoms with Crippen LogP contribution in [0.15, 0.2) is 47.2 Å². The molecule has 2 heterocycles. The van der Waals surface area contributed by atoms with Gasteiger partial charge in [-0.25, -0.2) is 10.8 Å². The fraction of sp³-hybridized carbons (Fsp3) is 0. The maximum atomic E-state index is 5.73. The molecule has 0 saturated carbocycles. The lowest BCUT2D eigenvalue weighted by Crippen LogP contribution is -2.10. The van der Waals surface area contributed by atoms with Gasteiger partial charge in [0, 0.05) is 17.6 Å². The number of nitrogens with zero attached hydrogens (tertiary/aromatic N) is 3. The number of rotatable bonds is 3. The number of pyridine rings is 1. The first-order valence-electron chi connectivity index (χ1n) is 5.78. The van der Waals surface area contributed by atoms with E-state index in [2.05, 4.69) is 36.3 Å². The van der Waals surface area contributed by atoms with E-state index in [-0.39, 0.29) is 5.95 Å². The second kappa shape index (κ2) is 5.40. The van der Waals surface area contributed by atoms with E-state index in [1.807, 2.05) is 30.3 Å².